The zero-order valence-corrected chi connectivity index (χ0v) is 12.4. The van der Waals surface area contributed by atoms with Crippen LogP contribution in [-0.4, -0.2) is 11.1 Å². The molecule has 2 heteroatoms. The van der Waals surface area contributed by atoms with Crippen molar-refractivity contribution in [3.63, 3.8) is 0 Å². The molecule has 2 nitrogen and oxygen atoms in total. The van der Waals surface area contributed by atoms with Crippen molar-refractivity contribution < 1.29 is 5.11 Å². The van der Waals surface area contributed by atoms with Crippen LogP contribution in [0.2, 0.25) is 0 Å². The van der Waals surface area contributed by atoms with E-state index in [0.29, 0.717) is 17.8 Å². The molecule has 0 heterocycles. The van der Waals surface area contributed by atoms with E-state index in [9.17, 15) is 5.11 Å². The number of aryl methyl sites for hydroxylation is 1. The number of benzene rings is 1. The van der Waals surface area contributed by atoms with E-state index in [2.05, 4.69) is 32.2 Å². The first-order chi connectivity index (χ1) is 9.10. The Hall–Kier alpha value is -1.02. The van der Waals surface area contributed by atoms with E-state index in [0.717, 1.165) is 12.3 Å². The number of fused-ring (bicyclic) bond motifs is 1. The van der Waals surface area contributed by atoms with Crippen molar-refractivity contribution in [3.05, 3.63) is 29.3 Å². The molecule has 1 aliphatic carbocycles. The lowest BCUT2D eigenvalue weighted by Gasteiger charge is -2.30. The van der Waals surface area contributed by atoms with Gasteiger partial charge in [-0.1, -0.05) is 26.3 Å². The Morgan fingerprint density at radius 3 is 2.89 bits per heavy atom. The van der Waals surface area contributed by atoms with E-state index in [1.807, 2.05) is 12.1 Å². The van der Waals surface area contributed by atoms with Crippen LogP contribution in [-0.2, 0) is 6.42 Å². The standard InChI is InChI=1S/C17H27NO/c1-4-12(2)10-13(3)18-17-7-5-6-14-11-15(19)8-9-16(14)17/h8-9,11-13,17-19H,4-7,10H2,1-3H3. The Morgan fingerprint density at radius 2 is 2.16 bits per heavy atom. The quantitative estimate of drug-likeness (QED) is 0.833. The van der Waals surface area contributed by atoms with Crippen LogP contribution in [0.15, 0.2) is 18.2 Å². The highest BCUT2D eigenvalue weighted by Crippen LogP contribution is 2.32. The van der Waals surface area contributed by atoms with E-state index in [4.69, 9.17) is 0 Å². The predicted molar refractivity (Wildman–Crippen MR) is 80.5 cm³/mol. The molecule has 0 bridgehead atoms. The summed E-state index contributed by atoms with van der Waals surface area (Å²) in [6, 6.07) is 6.86. The summed E-state index contributed by atoms with van der Waals surface area (Å²) in [6.45, 7) is 6.88. The Kier molecular flexibility index (Phi) is 4.87. The second-order valence-corrected chi connectivity index (χ2v) is 6.14. The molecule has 3 atom stereocenters. The Balaban J connectivity index is 2.03. The molecule has 1 aromatic rings. The third kappa shape index (κ3) is 3.73. The van der Waals surface area contributed by atoms with Gasteiger partial charge in [-0.25, -0.2) is 0 Å². The first-order valence-corrected chi connectivity index (χ1v) is 7.68. The van der Waals surface area contributed by atoms with E-state index in [1.165, 1.54) is 36.8 Å². The summed E-state index contributed by atoms with van der Waals surface area (Å²) >= 11 is 0. The van der Waals surface area contributed by atoms with Crippen LogP contribution in [0.5, 0.6) is 5.75 Å². The molecule has 1 aliphatic rings. The summed E-state index contributed by atoms with van der Waals surface area (Å²) in [5.74, 6) is 1.18. The maximum absolute atomic E-state index is 9.59. The minimum Gasteiger partial charge on any atom is -0.508 e. The minimum atomic E-state index is 0.395. The molecule has 0 aliphatic heterocycles. The van der Waals surface area contributed by atoms with Gasteiger partial charge in [-0.2, -0.15) is 0 Å². The third-order valence-corrected chi connectivity index (χ3v) is 4.38. The molecule has 2 rings (SSSR count). The largest absolute Gasteiger partial charge is 0.508 e. The summed E-state index contributed by atoms with van der Waals surface area (Å²) in [5, 5.41) is 13.4. The number of rotatable bonds is 5. The van der Waals surface area contributed by atoms with Gasteiger partial charge in [0, 0.05) is 12.1 Å². The van der Waals surface area contributed by atoms with Gasteiger partial charge in [0.1, 0.15) is 5.75 Å². The van der Waals surface area contributed by atoms with Gasteiger partial charge < -0.3 is 10.4 Å². The van der Waals surface area contributed by atoms with Gasteiger partial charge in [0.15, 0.2) is 0 Å². The summed E-state index contributed by atoms with van der Waals surface area (Å²) in [5.41, 5.74) is 2.71. The van der Waals surface area contributed by atoms with Crippen LogP contribution in [0, 0.1) is 5.92 Å². The maximum Gasteiger partial charge on any atom is 0.115 e. The average Bonchev–Trinajstić information content (AvgIpc) is 2.38. The molecule has 106 valence electrons. The predicted octanol–water partition coefficient (Wildman–Crippen LogP) is 4.18. The Bertz CT molecular complexity index is 416. The molecule has 0 saturated heterocycles. The second-order valence-electron chi connectivity index (χ2n) is 6.14. The summed E-state index contributed by atoms with van der Waals surface area (Å²) in [6.07, 6.45) is 6.01. The highest BCUT2D eigenvalue weighted by molar-refractivity contribution is 5.38. The van der Waals surface area contributed by atoms with Gasteiger partial charge in [-0.15, -0.1) is 0 Å². The molecule has 0 saturated carbocycles. The van der Waals surface area contributed by atoms with Crippen molar-refractivity contribution in [2.45, 2.75) is 65.0 Å². The summed E-state index contributed by atoms with van der Waals surface area (Å²) in [7, 11) is 0. The molecule has 0 aromatic heterocycles. The van der Waals surface area contributed by atoms with Crippen molar-refractivity contribution in [2.75, 3.05) is 0 Å². The SMILES string of the molecule is CCC(C)CC(C)NC1CCCc2cc(O)ccc21. The summed E-state index contributed by atoms with van der Waals surface area (Å²) < 4.78 is 0. The number of phenols is 1. The van der Waals surface area contributed by atoms with Crippen LogP contribution in [0.4, 0.5) is 0 Å². The number of phenolic OH excluding ortho intramolecular Hbond substituents is 1. The Morgan fingerprint density at radius 1 is 1.37 bits per heavy atom. The number of hydrogen-bond acceptors (Lipinski definition) is 2. The number of nitrogens with one attached hydrogen (secondary N) is 1. The molecule has 3 unspecified atom stereocenters. The normalized spacial score (nSPS) is 21.7. The lowest BCUT2D eigenvalue weighted by molar-refractivity contribution is 0.353. The third-order valence-electron chi connectivity index (χ3n) is 4.38. The molecular formula is C17H27NO. The zero-order chi connectivity index (χ0) is 13.8. The van der Waals surface area contributed by atoms with Gasteiger partial charge in [-0.05, 0) is 61.8 Å². The topological polar surface area (TPSA) is 32.3 Å². The molecule has 2 N–H and O–H groups in total. The van der Waals surface area contributed by atoms with Crippen LogP contribution in [0.1, 0.15) is 63.6 Å². The van der Waals surface area contributed by atoms with Crippen LogP contribution < -0.4 is 5.32 Å². The smallest absolute Gasteiger partial charge is 0.115 e. The monoisotopic (exact) mass is 261 g/mol. The lowest BCUT2D eigenvalue weighted by Crippen LogP contribution is -2.33. The first-order valence-electron chi connectivity index (χ1n) is 7.68. The molecular weight excluding hydrogens is 234 g/mol. The molecule has 19 heavy (non-hydrogen) atoms. The van der Waals surface area contributed by atoms with E-state index < -0.39 is 0 Å². The van der Waals surface area contributed by atoms with Gasteiger partial charge in [0.2, 0.25) is 0 Å². The van der Waals surface area contributed by atoms with Gasteiger partial charge in [0.05, 0.1) is 0 Å². The van der Waals surface area contributed by atoms with Crippen LogP contribution in [0.25, 0.3) is 0 Å². The number of aromatic hydroxyl groups is 1. The van der Waals surface area contributed by atoms with Crippen molar-refractivity contribution in [1.29, 1.82) is 0 Å². The van der Waals surface area contributed by atoms with Gasteiger partial charge in [0.25, 0.3) is 0 Å². The maximum atomic E-state index is 9.59. The molecule has 1 aromatic carbocycles. The van der Waals surface area contributed by atoms with Crippen molar-refractivity contribution in [3.8, 4) is 5.75 Å². The molecule has 0 radical (unpaired) electrons. The van der Waals surface area contributed by atoms with E-state index >= 15 is 0 Å². The summed E-state index contributed by atoms with van der Waals surface area (Å²) in [4.78, 5) is 0. The molecule has 0 fully saturated rings. The second kappa shape index (κ2) is 6.42. The zero-order valence-electron chi connectivity index (χ0n) is 12.4. The van der Waals surface area contributed by atoms with E-state index in [-0.39, 0.29) is 0 Å². The van der Waals surface area contributed by atoms with Crippen molar-refractivity contribution >= 4 is 0 Å². The van der Waals surface area contributed by atoms with Gasteiger partial charge >= 0.3 is 0 Å². The fraction of sp³-hybridized carbons (Fsp3) is 0.647. The average molecular weight is 261 g/mol. The number of hydrogen-bond donors (Lipinski definition) is 2. The molecule has 0 spiro atoms. The minimum absolute atomic E-state index is 0.395. The first kappa shape index (κ1) is 14.4. The van der Waals surface area contributed by atoms with Crippen LogP contribution >= 0.6 is 0 Å². The molecule has 0 amide bonds. The highest BCUT2D eigenvalue weighted by Gasteiger charge is 2.22. The van der Waals surface area contributed by atoms with E-state index in [1.54, 1.807) is 0 Å². The Labute approximate surface area is 117 Å². The van der Waals surface area contributed by atoms with Crippen LogP contribution in [0.3, 0.4) is 0 Å². The van der Waals surface area contributed by atoms with Gasteiger partial charge in [-0.3, -0.25) is 0 Å². The lowest BCUT2D eigenvalue weighted by atomic mass is 9.86. The van der Waals surface area contributed by atoms with Crippen molar-refractivity contribution in [1.82, 2.24) is 5.32 Å². The fourth-order valence-corrected chi connectivity index (χ4v) is 3.16. The fourth-order valence-electron chi connectivity index (χ4n) is 3.16. The highest BCUT2D eigenvalue weighted by atomic mass is 16.3. The van der Waals surface area contributed by atoms with Crippen molar-refractivity contribution in [2.24, 2.45) is 5.92 Å².